The minimum atomic E-state index is 0.505. The van der Waals surface area contributed by atoms with Crippen LogP contribution in [0, 0.1) is 6.92 Å². The van der Waals surface area contributed by atoms with E-state index >= 15 is 0 Å². The SMILES string of the molecule is Cc1c(-c2ccc(C(C)C)cc2)n(Cc2ccc(OCCN3CCCCC3)cc2)c2ccc(OCc3ccccc3)cc12. The summed E-state index contributed by atoms with van der Waals surface area (Å²) < 4.78 is 14.8. The molecule has 5 aromatic rings. The molecule has 4 nitrogen and oxygen atoms in total. The third kappa shape index (κ3) is 6.97. The van der Waals surface area contributed by atoms with Crippen molar-refractivity contribution in [2.75, 3.05) is 26.2 Å². The summed E-state index contributed by atoms with van der Waals surface area (Å²) in [4.78, 5) is 2.52. The second-order valence-electron chi connectivity index (χ2n) is 12.2. The molecule has 0 aliphatic carbocycles. The third-order valence-corrected chi connectivity index (χ3v) is 8.78. The Kier molecular flexibility index (Phi) is 9.14. The number of benzene rings is 4. The van der Waals surface area contributed by atoms with Gasteiger partial charge in [0.2, 0.25) is 0 Å². The number of aryl methyl sites for hydroxylation is 1. The van der Waals surface area contributed by atoms with E-state index < -0.39 is 0 Å². The molecular weight excluding hydrogens is 528 g/mol. The molecule has 0 N–H and O–H groups in total. The van der Waals surface area contributed by atoms with Crippen molar-refractivity contribution in [1.82, 2.24) is 9.47 Å². The number of likely N-dealkylation sites (tertiary alicyclic amines) is 1. The highest BCUT2D eigenvalue weighted by Gasteiger charge is 2.18. The maximum Gasteiger partial charge on any atom is 0.120 e. The number of hydrogen-bond donors (Lipinski definition) is 0. The molecule has 1 aromatic heterocycles. The molecule has 0 unspecified atom stereocenters. The van der Waals surface area contributed by atoms with Crippen LogP contribution in [0.1, 0.15) is 61.3 Å². The highest BCUT2D eigenvalue weighted by Crippen LogP contribution is 2.36. The largest absolute Gasteiger partial charge is 0.492 e. The Bertz CT molecular complexity index is 1610. The zero-order chi connectivity index (χ0) is 29.6. The number of fused-ring (bicyclic) bond motifs is 1. The number of ether oxygens (including phenoxy) is 2. The highest BCUT2D eigenvalue weighted by molar-refractivity contribution is 5.92. The number of nitrogens with zero attached hydrogens (tertiary/aromatic N) is 2. The fourth-order valence-corrected chi connectivity index (χ4v) is 6.24. The molecule has 1 saturated heterocycles. The molecule has 1 aliphatic rings. The Morgan fingerprint density at radius 3 is 2.16 bits per heavy atom. The van der Waals surface area contributed by atoms with Gasteiger partial charge in [0.25, 0.3) is 0 Å². The maximum atomic E-state index is 6.23. The fourth-order valence-electron chi connectivity index (χ4n) is 6.24. The summed E-state index contributed by atoms with van der Waals surface area (Å²) in [7, 11) is 0. The van der Waals surface area contributed by atoms with Crippen molar-refractivity contribution in [1.29, 1.82) is 0 Å². The third-order valence-electron chi connectivity index (χ3n) is 8.78. The van der Waals surface area contributed by atoms with E-state index in [0.717, 1.165) is 31.2 Å². The van der Waals surface area contributed by atoms with Crippen LogP contribution < -0.4 is 9.47 Å². The predicted molar refractivity (Wildman–Crippen MR) is 178 cm³/mol. The van der Waals surface area contributed by atoms with E-state index in [1.54, 1.807) is 0 Å². The van der Waals surface area contributed by atoms with Crippen LogP contribution in [-0.2, 0) is 13.2 Å². The standard InChI is InChI=1S/C39H44N2O2/c1-29(2)33-14-16-34(17-15-33)39-30(3)37-26-36(43-28-32-10-6-4-7-11-32)20-21-38(37)41(39)27-31-12-18-35(19-13-31)42-25-24-40-22-8-5-9-23-40/h4,6-7,10-21,26,29H,5,8-9,22-25,27-28H2,1-3H3. The van der Waals surface area contributed by atoms with E-state index in [2.05, 4.69) is 121 Å². The lowest BCUT2D eigenvalue weighted by atomic mass is 9.99. The van der Waals surface area contributed by atoms with Crippen LogP contribution in [0.2, 0.25) is 0 Å². The summed E-state index contributed by atoms with van der Waals surface area (Å²) in [6.07, 6.45) is 3.99. The lowest BCUT2D eigenvalue weighted by Gasteiger charge is -2.26. The molecule has 0 saturated carbocycles. The summed E-state index contributed by atoms with van der Waals surface area (Å²) in [6, 6.07) is 34.6. The summed E-state index contributed by atoms with van der Waals surface area (Å²) in [5.74, 6) is 2.34. The molecule has 0 spiro atoms. The van der Waals surface area contributed by atoms with Crippen molar-refractivity contribution >= 4 is 10.9 Å². The van der Waals surface area contributed by atoms with Crippen LogP contribution in [0.4, 0.5) is 0 Å². The second-order valence-corrected chi connectivity index (χ2v) is 12.2. The Balaban J connectivity index is 1.26. The van der Waals surface area contributed by atoms with Crippen LogP contribution >= 0.6 is 0 Å². The second kappa shape index (κ2) is 13.5. The van der Waals surface area contributed by atoms with Gasteiger partial charge in [0, 0.05) is 24.0 Å². The Morgan fingerprint density at radius 1 is 0.721 bits per heavy atom. The number of piperidine rings is 1. The van der Waals surface area contributed by atoms with Gasteiger partial charge >= 0.3 is 0 Å². The molecule has 43 heavy (non-hydrogen) atoms. The molecule has 1 aliphatic heterocycles. The van der Waals surface area contributed by atoms with E-state index in [-0.39, 0.29) is 0 Å². The van der Waals surface area contributed by atoms with Crippen LogP contribution in [-0.4, -0.2) is 35.7 Å². The van der Waals surface area contributed by atoms with Gasteiger partial charge in [-0.1, -0.05) is 87.0 Å². The van der Waals surface area contributed by atoms with Gasteiger partial charge in [0.05, 0.1) is 5.69 Å². The van der Waals surface area contributed by atoms with Crippen molar-refractivity contribution < 1.29 is 9.47 Å². The van der Waals surface area contributed by atoms with Gasteiger partial charge in [-0.2, -0.15) is 0 Å². The minimum absolute atomic E-state index is 0.505. The van der Waals surface area contributed by atoms with Crippen molar-refractivity contribution in [3.63, 3.8) is 0 Å². The zero-order valence-corrected chi connectivity index (χ0v) is 25.9. The molecular formula is C39H44N2O2. The average Bonchev–Trinajstić information content (AvgIpc) is 3.32. The first-order valence-electron chi connectivity index (χ1n) is 15.9. The first kappa shape index (κ1) is 29.1. The topological polar surface area (TPSA) is 26.6 Å². The van der Waals surface area contributed by atoms with E-state index in [0.29, 0.717) is 12.5 Å². The summed E-state index contributed by atoms with van der Waals surface area (Å²) >= 11 is 0. The minimum Gasteiger partial charge on any atom is -0.492 e. The quantitative estimate of drug-likeness (QED) is 0.158. The van der Waals surface area contributed by atoms with Crippen molar-refractivity contribution in [3.8, 4) is 22.8 Å². The summed E-state index contributed by atoms with van der Waals surface area (Å²) in [5, 5.41) is 1.23. The van der Waals surface area contributed by atoms with Crippen molar-refractivity contribution in [2.45, 2.75) is 59.1 Å². The monoisotopic (exact) mass is 572 g/mol. The van der Waals surface area contributed by atoms with Crippen LogP contribution in [0.25, 0.3) is 22.2 Å². The van der Waals surface area contributed by atoms with E-state index in [1.807, 2.05) is 6.07 Å². The Hall–Kier alpha value is -4.02. The van der Waals surface area contributed by atoms with Crippen LogP contribution in [0.3, 0.4) is 0 Å². The molecule has 6 rings (SSSR count). The van der Waals surface area contributed by atoms with Gasteiger partial charge in [0.15, 0.2) is 0 Å². The van der Waals surface area contributed by atoms with Gasteiger partial charge in [-0.15, -0.1) is 0 Å². The molecule has 4 heteroatoms. The number of aromatic nitrogens is 1. The normalized spacial score (nSPS) is 14.0. The Morgan fingerprint density at radius 2 is 1.44 bits per heavy atom. The lowest BCUT2D eigenvalue weighted by molar-refractivity contribution is 0.183. The van der Waals surface area contributed by atoms with E-state index in [4.69, 9.17) is 9.47 Å². The Labute approximate surface area is 256 Å². The molecule has 0 radical (unpaired) electrons. The van der Waals surface area contributed by atoms with Crippen molar-refractivity contribution in [2.24, 2.45) is 0 Å². The van der Waals surface area contributed by atoms with Crippen molar-refractivity contribution in [3.05, 3.63) is 119 Å². The molecule has 0 atom stereocenters. The van der Waals surface area contributed by atoms with Gasteiger partial charge in [-0.25, -0.2) is 0 Å². The fraction of sp³-hybridized carbons (Fsp3) is 0.333. The first-order chi connectivity index (χ1) is 21.0. The van der Waals surface area contributed by atoms with E-state index in [9.17, 15) is 0 Å². The maximum absolute atomic E-state index is 6.23. The summed E-state index contributed by atoms with van der Waals surface area (Å²) in [5.41, 5.74) is 8.77. The average molecular weight is 573 g/mol. The lowest BCUT2D eigenvalue weighted by Crippen LogP contribution is -2.33. The first-order valence-corrected chi connectivity index (χ1v) is 15.9. The molecule has 1 fully saturated rings. The van der Waals surface area contributed by atoms with E-state index in [1.165, 1.54) is 76.8 Å². The molecule has 222 valence electrons. The van der Waals surface area contributed by atoms with Crippen LogP contribution in [0.15, 0.2) is 97.1 Å². The van der Waals surface area contributed by atoms with Gasteiger partial charge in [-0.3, -0.25) is 4.90 Å². The number of rotatable bonds is 11. The number of hydrogen-bond acceptors (Lipinski definition) is 3. The molecule has 0 bridgehead atoms. The van der Waals surface area contributed by atoms with Gasteiger partial charge < -0.3 is 14.0 Å². The highest BCUT2D eigenvalue weighted by atomic mass is 16.5. The summed E-state index contributed by atoms with van der Waals surface area (Å²) in [6.45, 7) is 12.2. The molecule has 4 aromatic carbocycles. The molecule has 0 amide bonds. The molecule has 2 heterocycles. The van der Waals surface area contributed by atoms with Crippen LogP contribution in [0.5, 0.6) is 11.5 Å². The zero-order valence-electron chi connectivity index (χ0n) is 25.9. The van der Waals surface area contributed by atoms with Gasteiger partial charge in [-0.05, 0) is 96.9 Å². The van der Waals surface area contributed by atoms with Gasteiger partial charge in [0.1, 0.15) is 24.7 Å². The predicted octanol–water partition coefficient (Wildman–Crippen LogP) is 9.23. The smallest absolute Gasteiger partial charge is 0.120 e.